The minimum atomic E-state index is -0.653. The maximum Gasteiger partial charge on any atom is 0.267 e. The molecule has 1 rings (SSSR count). The second kappa shape index (κ2) is 5.23. The van der Waals surface area contributed by atoms with Gasteiger partial charge in [0, 0.05) is 0 Å². The molecular weight excluding hydrogens is 159 g/mol. The number of amides is 1. The number of primary amides is 1. The van der Waals surface area contributed by atoms with Gasteiger partial charge in [0.05, 0.1) is 6.20 Å². The van der Waals surface area contributed by atoms with E-state index in [1.54, 1.807) is 0 Å². The van der Waals surface area contributed by atoms with Gasteiger partial charge in [0.25, 0.3) is 5.91 Å². The number of carbonyl (C=O) groups is 1. The molecule has 0 bridgehead atoms. The average Bonchev–Trinajstić information content (AvgIpc) is 2.09. The maximum absolute atomic E-state index is 12.1. The zero-order chi connectivity index (χ0) is 9.56. The van der Waals surface area contributed by atoms with Crippen molar-refractivity contribution < 1.29 is 9.18 Å². The fraction of sp³-hybridized carbons (Fsp3) is 0.250. The van der Waals surface area contributed by atoms with Crippen molar-refractivity contribution in [3.8, 4) is 0 Å². The molecule has 0 aliphatic rings. The lowest BCUT2D eigenvalue weighted by molar-refractivity contribution is 0.0995. The first kappa shape index (κ1) is 10.6. The molecule has 0 fully saturated rings. The van der Waals surface area contributed by atoms with E-state index >= 15 is 0 Å². The Morgan fingerprint density at radius 3 is 2.42 bits per heavy atom. The Balaban J connectivity index is 0.000000561. The third-order valence-electron chi connectivity index (χ3n) is 0.980. The van der Waals surface area contributed by atoms with Gasteiger partial charge in [0.15, 0.2) is 0 Å². The average molecular weight is 170 g/mol. The van der Waals surface area contributed by atoms with Crippen LogP contribution in [0.25, 0.3) is 0 Å². The van der Waals surface area contributed by atoms with Crippen LogP contribution in [0.5, 0.6) is 0 Å². The van der Waals surface area contributed by atoms with Crippen LogP contribution in [-0.4, -0.2) is 10.9 Å². The summed E-state index contributed by atoms with van der Waals surface area (Å²) in [5, 5.41) is 0. The molecule has 4 heteroatoms. The lowest BCUT2D eigenvalue weighted by atomic mass is 10.3. The van der Waals surface area contributed by atoms with Gasteiger partial charge in [-0.15, -0.1) is 0 Å². The summed E-state index contributed by atoms with van der Waals surface area (Å²) in [5.74, 6) is -1.13. The first-order chi connectivity index (χ1) is 5.70. The van der Waals surface area contributed by atoms with Crippen molar-refractivity contribution in [2.75, 3.05) is 0 Å². The molecule has 0 aliphatic heterocycles. The molecule has 1 aromatic rings. The Labute approximate surface area is 70.4 Å². The van der Waals surface area contributed by atoms with Crippen molar-refractivity contribution >= 4 is 5.91 Å². The van der Waals surface area contributed by atoms with E-state index in [4.69, 9.17) is 5.73 Å². The van der Waals surface area contributed by atoms with Crippen LogP contribution in [0.2, 0.25) is 0 Å². The summed E-state index contributed by atoms with van der Waals surface area (Å²) in [6.45, 7) is 4.00. The molecule has 3 nitrogen and oxygen atoms in total. The Bertz CT molecular complexity index is 246. The van der Waals surface area contributed by atoms with Gasteiger partial charge in [0.2, 0.25) is 0 Å². The summed E-state index contributed by atoms with van der Waals surface area (Å²) < 4.78 is 12.1. The summed E-state index contributed by atoms with van der Waals surface area (Å²) in [6, 6.07) is 2.37. The molecule has 0 aromatic carbocycles. The number of halogens is 1. The van der Waals surface area contributed by atoms with Crippen LogP contribution >= 0.6 is 0 Å². The van der Waals surface area contributed by atoms with E-state index in [9.17, 15) is 9.18 Å². The number of hydrogen-bond donors (Lipinski definition) is 1. The molecule has 66 valence electrons. The first-order valence-electron chi connectivity index (χ1n) is 3.61. The highest BCUT2D eigenvalue weighted by atomic mass is 19.1. The molecule has 0 unspecified atom stereocenters. The zero-order valence-corrected chi connectivity index (χ0v) is 7.04. The van der Waals surface area contributed by atoms with E-state index in [0.29, 0.717) is 0 Å². The number of aromatic nitrogens is 1. The van der Waals surface area contributed by atoms with Gasteiger partial charge in [-0.05, 0) is 12.1 Å². The quantitative estimate of drug-likeness (QED) is 0.691. The Morgan fingerprint density at radius 2 is 2.08 bits per heavy atom. The van der Waals surface area contributed by atoms with Crippen molar-refractivity contribution in [3.05, 3.63) is 29.8 Å². The summed E-state index contributed by atoms with van der Waals surface area (Å²) in [5.41, 5.74) is 4.91. The van der Waals surface area contributed by atoms with Crippen LogP contribution in [-0.2, 0) is 0 Å². The first-order valence-corrected chi connectivity index (χ1v) is 3.61. The van der Waals surface area contributed by atoms with E-state index in [2.05, 4.69) is 4.98 Å². The Morgan fingerprint density at radius 1 is 1.50 bits per heavy atom. The van der Waals surface area contributed by atoms with Gasteiger partial charge >= 0.3 is 0 Å². The molecule has 0 radical (unpaired) electrons. The molecule has 0 aliphatic carbocycles. The van der Waals surface area contributed by atoms with E-state index in [0.717, 1.165) is 12.3 Å². The van der Waals surface area contributed by atoms with Crippen LogP contribution in [0.3, 0.4) is 0 Å². The van der Waals surface area contributed by atoms with Crippen LogP contribution in [0, 0.1) is 5.82 Å². The fourth-order valence-corrected chi connectivity index (χ4v) is 0.522. The molecule has 1 aromatic heterocycles. The molecule has 0 atom stereocenters. The number of rotatable bonds is 1. The molecular formula is C8H11FN2O. The predicted molar refractivity (Wildman–Crippen MR) is 44.1 cm³/mol. The summed E-state index contributed by atoms with van der Waals surface area (Å²) in [7, 11) is 0. The van der Waals surface area contributed by atoms with Crippen LogP contribution in [0.1, 0.15) is 24.3 Å². The molecule has 1 amide bonds. The second-order valence-corrected chi connectivity index (χ2v) is 1.73. The van der Waals surface area contributed by atoms with Gasteiger partial charge in [-0.3, -0.25) is 4.79 Å². The van der Waals surface area contributed by atoms with Crippen molar-refractivity contribution in [2.45, 2.75) is 13.8 Å². The predicted octanol–water partition coefficient (Wildman–Crippen LogP) is 1.35. The van der Waals surface area contributed by atoms with Crippen LogP contribution < -0.4 is 5.73 Å². The third-order valence-corrected chi connectivity index (χ3v) is 0.980. The highest BCUT2D eigenvalue weighted by Crippen LogP contribution is 1.95. The summed E-state index contributed by atoms with van der Waals surface area (Å²) >= 11 is 0. The zero-order valence-electron chi connectivity index (χ0n) is 7.04. The van der Waals surface area contributed by atoms with Gasteiger partial charge in [-0.25, -0.2) is 9.37 Å². The van der Waals surface area contributed by atoms with Crippen LogP contribution in [0.4, 0.5) is 4.39 Å². The highest BCUT2D eigenvalue weighted by Gasteiger charge is 1.99. The van der Waals surface area contributed by atoms with Gasteiger partial charge in [-0.1, -0.05) is 13.8 Å². The van der Waals surface area contributed by atoms with Gasteiger partial charge in [0.1, 0.15) is 11.5 Å². The molecule has 12 heavy (non-hydrogen) atoms. The normalized spacial score (nSPS) is 8.25. The number of nitrogens with zero attached hydrogens (tertiary/aromatic N) is 1. The molecule has 2 N–H and O–H groups in total. The second-order valence-electron chi connectivity index (χ2n) is 1.73. The summed E-state index contributed by atoms with van der Waals surface area (Å²) in [4.78, 5) is 13.8. The standard InChI is InChI=1S/C6H5FN2O.C2H6/c7-4-1-2-5(6(8)10)9-3-4;1-2/h1-3H,(H2,8,10);1-2H3. The SMILES string of the molecule is CC.NC(=O)c1ccc(F)cn1. The molecule has 0 saturated heterocycles. The van der Waals surface area contributed by atoms with Crippen LogP contribution in [0.15, 0.2) is 18.3 Å². The number of pyridine rings is 1. The van der Waals surface area contributed by atoms with E-state index < -0.39 is 11.7 Å². The van der Waals surface area contributed by atoms with Crippen molar-refractivity contribution in [1.82, 2.24) is 4.98 Å². The van der Waals surface area contributed by atoms with E-state index in [-0.39, 0.29) is 5.69 Å². The molecule has 0 saturated carbocycles. The van der Waals surface area contributed by atoms with Gasteiger partial charge < -0.3 is 5.73 Å². The lowest BCUT2D eigenvalue weighted by Crippen LogP contribution is -2.12. The highest BCUT2D eigenvalue weighted by molar-refractivity contribution is 5.90. The Hall–Kier alpha value is -1.45. The summed E-state index contributed by atoms with van der Waals surface area (Å²) in [6.07, 6.45) is 0.945. The third kappa shape index (κ3) is 3.09. The lowest BCUT2D eigenvalue weighted by Gasteiger charge is -1.90. The van der Waals surface area contributed by atoms with Crippen molar-refractivity contribution in [1.29, 1.82) is 0 Å². The monoisotopic (exact) mass is 170 g/mol. The van der Waals surface area contributed by atoms with Crippen molar-refractivity contribution in [3.63, 3.8) is 0 Å². The number of hydrogen-bond acceptors (Lipinski definition) is 2. The molecule has 0 spiro atoms. The Kier molecular flexibility index (Phi) is 4.60. The largest absolute Gasteiger partial charge is 0.364 e. The van der Waals surface area contributed by atoms with Gasteiger partial charge in [-0.2, -0.15) is 0 Å². The maximum atomic E-state index is 12.1. The number of nitrogens with two attached hydrogens (primary N) is 1. The van der Waals surface area contributed by atoms with Crippen molar-refractivity contribution in [2.24, 2.45) is 5.73 Å². The minimum Gasteiger partial charge on any atom is -0.364 e. The fourth-order valence-electron chi connectivity index (χ4n) is 0.522. The molecule has 1 heterocycles. The smallest absolute Gasteiger partial charge is 0.267 e. The van der Waals surface area contributed by atoms with E-state index in [1.807, 2.05) is 13.8 Å². The minimum absolute atomic E-state index is 0.0707. The van der Waals surface area contributed by atoms with E-state index in [1.165, 1.54) is 6.07 Å². The topological polar surface area (TPSA) is 56.0 Å². The number of carbonyl (C=O) groups excluding carboxylic acids is 1.